The van der Waals surface area contributed by atoms with Gasteiger partial charge < -0.3 is 5.73 Å². The third-order valence-electron chi connectivity index (χ3n) is 1.91. The molecule has 0 aliphatic carbocycles. The molecule has 0 saturated carbocycles. The number of benzene rings is 1. The molecule has 0 aromatic heterocycles. The van der Waals surface area contributed by atoms with Crippen LogP contribution in [0, 0.1) is 11.3 Å². The van der Waals surface area contributed by atoms with E-state index in [2.05, 4.69) is 13.8 Å². The zero-order valence-electron chi connectivity index (χ0n) is 8.17. The summed E-state index contributed by atoms with van der Waals surface area (Å²) in [6, 6.07) is 7.88. The molecule has 0 unspecified atom stereocenters. The van der Waals surface area contributed by atoms with Gasteiger partial charge in [-0.05, 0) is 17.9 Å². The molecule has 0 saturated heterocycles. The van der Waals surface area contributed by atoms with Crippen molar-refractivity contribution >= 4 is 5.84 Å². The SMILES string of the molecule is CC(C)Cc1ccc(C(=N)N)cc1. The second kappa shape index (κ2) is 4.08. The van der Waals surface area contributed by atoms with Gasteiger partial charge in [-0.2, -0.15) is 0 Å². The molecule has 1 rings (SSSR count). The van der Waals surface area contributed by atoms with Crippen molar-refractivity contribution in [2.75, 3.05) is 0 Å². The van der Waals surface area contributed by atoms with Crippen molar-refractivity contribution in [2.24, 2.45) is 11.7 Å². The van der Waals surface area contributed by atoms with Gasteiger partial charge in [-0.3, -0.25) is 5.41 Å². The first-order valence-electron chi connectivity index (χ1n) is 4.53. The monoisotopic (exact) mass is 176 g/mol. The molecule has 70 valence electrons. The number of amidine groups is 1. The van der Waals surface area contributed by atoms with Gasteiger partial charge in [-0.25, -0.2) is 0 Å². The number of nitrogens with two attached hydrogens (primary N) is 1. The molecule has 0 bridgehead atoms. The summed E-state index contributed by atoms with van der Waals surface area (Å²) in [5.74, 6) is 0.805. The molecule has 0 aliphatic heterocycles. The van der Waals surface area contributed by atoms with Gasteiger partial charge in [0.1, 0.15) is 5.84 Å². The van der Waals surface area contributed by atoms with Crippen LogP contribution in [0.2, 0.25) is 0 Å². The van der Waals surface area contributed by atoms with Crippen molar-refractivity contribution in [3.05, 3.63) is 35.4 Å². The van der Waals surface area contributed by atoms with Gasteiger partial charge in [0, 0.05) is 5.56 Å². The lowest BCUT2D eigenvalue weighted by Gasteiger charge is -2.05. The fourth-order valence-electron chi connectivity index (χ4n) is 1.29. The Hall–Kier alpha value is -1.31. The largest absolute Gasteiger partial charge is 0.384 e. The normalized spacial score (nSPS) is 10.4. The summed E-state index contributed by atoms with van der Waals surface area (Å²) in [5.41, 5.74) is 7.45. The fraction of sp³-hybridized carbons (Fsp3) is 0.364. The number of nitrogens with one attached hydrogen (secondary N) is 1. The van der Waals surface area contributed by atoms with E-state index in [4.69, 9.17) is 11.1 Å². The smallest absolute Gasteiger partial charge is 0.122 e. The molecule has 0 aliphatic rings. The van der Waals surface area contributed by atoms with E-state index < -0.39 is 0 Å². The van der Waals surface area contributed by atoms with E-state index in [-0.39, 0.29) is 5.84 Å². The lowest BCUT2D eigenvalue weighted by molar-refractivity contribution is 0.647. The molecular weight excluding hydrogens is 160 g/mol. The van der Waals surface area contributed by atoms with Gasteiger partial charge in [0.25, 0.3) is 0 Å². The third kappa shape index (κ3) is 2.90. The summed E-state index contributed by atoms with van der Waals surface area (Å²) in [5, 5.41) is 7.23. The van der Waals surface area contributed by atoms with Gasteiger partial charge >= 0.3 is 0 Å². The highest BCUT2D eigenvalue weighted by Gasteiger charge is 1.99. The quantitative estimate of drug-likeness (QED) is 0.538. The number of rotatable bonds is 3. The molecule has 0 radical (unpaired) electrons. The third-order valence-corrected chi connectivity index (χ3v) is 1.91. The van der Waals surface area contributed by atoms with Crippen molar-refractivity contribution in [2.45, 2.75) is 20.3 Å². The van der Waals surface area contributed by atoms with E-state index in [9.17, 15) is 0 Å². The topological polar surface area (TPSA) is 49.9 Å². The fourth-order valence-corrected chi connectivity index (χ4v) is 1.29. The standard InChI is InChI=1S/C11H16N2/c1-8(2)7-9-3-5-10(6-4-9)11(12)13/h3-6,8H,7H2,1-2H3,(H3,12,13). The maximum absolute atomic E-state index is 7.23. The van der Waals surface area contributed by atoms with Gasteiger partial charge in [0.2, 0.25) is 0 Å². The van der Waals surface area contributed by atoms with E-state index in [1.165, 1.54) is 5.56 Å². The van der Waals surface area contributed by atoms with Crippen LogP contribution in [0.4, 0.5) is 0 Å². The van der Waals surface area contributed by atoms with Crippen molar-refractivity contribution in [1.29, 1.82) is 5.41 Å². The van der Waals surface area contributed by atoms with Gasteiger partial charge in [0.05, 0.1) is 0 Å². The Balaban J connectivity index is 2.75. The number of hydrogen-bond acceptors (Lipinski definition) is 1. The van der Waals surface area contributed by atoms with Crippen molar-refractivity contribution in [3.8, 4) is 0 Å². The van der Waals surface area contributed by atoms with Gasteiger partial charge in [-0.15, -0.1) is 0 Å². The number of hydrogen-bond donors (Lipinski definition) is 2. The maximum atomic E-state index is 7.23. The van der Waals surface area contributed by atoms with Crippen LogP contribution in [0.1, 0.15) is 25.0 Å². The minimum absolute atomic E-state index is 0.135. The highest BCUT2D eigenvalue weighted by Crippen LogP contribution is 2.09. The van der Waals surface area contributed by atoms with E-state index >= 15 is 0 Å². The highest BCUT2D eigenvalue weighted by molar-refractivity contribution is 5.94. The van der Waals surface area contributed by atoms with E-state index in [1.54, 1.807) is 0 Å². The van der Waals surface area contributed by atoms with Crippen LogP contribution in [0.3, 0.4) is 0 Å². The minimum Gasteiger partial charge on any atom is -0.384 e. The summed E-state index contributed by atoms with van der Waals surface area (Å²) in [6.45, 7) is 4.39. The summed E-state index contributed by atoms with van der Waals surface area (Å²) in [4.78, 5) is 0. The van der Waals surface area contributed by atoms with Crippen LogP contribution >= 0.6 is 0 Å². The van der Waals surface area contributed by atoms with E-state index in [0.29, 0.717) is 5.92 Å². The predicted octanol–water partition coefficient (Wildman–Crippen LogP) is 2.17. The molecule has 1 aromatic rings. The molecule has 2 nitrogen and oxygen atoms in total. The first-order valence-corrected chi connectivity index (χ1v) is 4.53. The van der Waals surface area contributed by atoms with Crippen LogP contribution in [0.5, 0.6) is 0 Å². The first-order chi connectivity index (χ1) is 6.09. The molecule has 0 atom stereocenters. The second-order valence-corrected chi connectivity index (χ2v) is 3.71. The van der Waals surface area contributed by atoms with Crippen LogP contribution in [-0.2, 0) is 6.42 Å². The zero-order valence-corrected chi connectivity index (χ0v) is 8.17. The molecule has 0 amide bonds. The predicted molar refractivity (Wildman–Crippen MR) is 56.0 cm³/mol. The number of nitrogen functional groups attached to an aromatic ring is 1. The summed E-state index contributed by atoms with van der Waals surface area (Å²) in [6.07, 6.45) is 1.08. The molecular formula is C11H16N2. The Morgan fingerprint density at radius 1 is 1.31 bits per heavy atom. The Labute approximate surface area is 79.3 Å². The first kappa shape index (κ1) is 9.78. The Morgan fingerprint density at radius 2 is 1.85 bits per heavy atom. The summed E-state index contributed by atoms with van der Waals surface area (Å²) >= 11 is 0. The average molecular weight is 176 g/mol. The van der Waals surface area contributed by atoms with Crippen molar-refractivity contribution < 1.29 is 0 Å². The van der Waals surface area contributed by atoms with Crippen molar-refractivity contribution in [3.63, 3.8) is 0 Å². The van der Waals surface area contributed by atoms with Crippen LogP contribution < -0.4 is 5.73 Å². The minimum atomic E-state index is 0.135. The summed E-state index contributed by atoms with van der Waals surface area (Å²) < 4.78 is 0. The van der Waals surface area contributed by atoms with Crippen molar-refractivity contribution in [1.82, 2.24) is 0 Å². The average Bonchev–Trinajstić information content (AvgIpc) is 2.04. The Morgan fingerprint density at radius 3 is 2.23 bits per heavy atom. The lowest BCUT2D eigenvalue weighted by Crippen LogP contribution is -2.10. The highest BCUT2D eigenvalue weighted by atomic mass is 14.7. The Bertz CT molecular complexity index is 285. The molecule has 1 aromatic carbocycles. The molecule has 0 fully saturated rings. The molecule has 2 heteroatoms. The molecule has 13 heavy (non-hydrogen) atoms. The van der Waals surface area contributed by atoms with E-state index in [1.807, 2.05) is 24.3 Å². The zero-order chi connectivity index (χ0) is 9.84. The Kier molecular flexibility index (Phi) is 3.07. The lowest BCUT2D eigenvalue weighted by atomic mass is 10.0. The maximum Gasteiger partial charge on any atom is 0.122 e. The molecule has 0 spiro atoms. The van der Waals surface area contributed by atoms with Crippen LogP contribution in [0.15, 0.2) is 24.3 Å². The summed E-state index contributed by atoms with van der Waals surface area (Å²) in [7, 11) is 0. The molecule has 3 N–H and O–H groups in total. The molecule has 0 heterocycles. The van der Waals surface area contributed by atoms with Crippen LogP contribution in [0.25, 0.3) is 0 Å². The van der Waals surface area contributed by atoms with E-state index in [0.717, 1.165) is 12.0 Å². The van der Waals surface area contributed by atoms with Crippen LogP contribution in [-0.4, -0.2) is 5.84 Å². The van der Waals surface area contributed by atoms with Gasteiger partial charge in [-0.1, -0.05) is 38.1 Å². The second-order valence-electron chi connectivity index (χ2n) is 3.71. The van der Waals surface area contributed by atoms with Gasteiger partial charge in [0.15, 0.2) is 0 Å².